The Balaban J connectivity index is 3.69. The van der Waals surface area contributed by atoms with Gasteiger partial charge in [-0.05, 0) is 20.0 Å². The number of aliphatic hydroxyl groups excluding tert-OH is 2. The third-order valence-electron chi connectivity index (χ3n) is 2.59. The lowest BCUT2D eigenvalue weighted by molar-refractivity contribution is 0.0000484. The number of aliphatic hydroxyl groups is 3. The fraction of sp³-hybridized carbons (Fsp3) is 1.00. The van der Waals surface area contributed by atoms with Crippen molar-refractivity contribution in [1.29, 1.82) is 0 Å². The number of rotatable bonds is 9. The molecule has 16 heavy (non-hydrogen) atoms. The minimum absolute atomic E-state index is 0.277. The van der Waals surface area contributed by atoms with Crippen LogP contribution < -0.4 is 5.32 Å². The van der Waals surface area contributed by atoms with Crippen LogP contribution >= 0.6 is 0 Å². The van der Waals surface area contributed by atoms with Gasteiger partial charge in [0.2, 0.25) is 0 Å². The van der Waals surface area contributed by atoms with Crippen molar-refractivity contribution in [3.8, 4) is 0 Å². The average Bonchev–Trinajstić information content (AvgIpc) is 2.25. The summed E-state index contributed by atoms with van der Waals surface area (Å²) in [5.74, 6) is 0. The quantitative estimate of drug-likeness (QED) is 0.413. The molecule has 0 fully saturated rings. The fourth-order valence-electron chi connectivity index (χ4n) is 1.41. The standard InChI is InChI=1S/C11H26N2O3/c1-4-13(5-2)7-10(15)6-12-8-11(3,16)9-14/h10,12,14-16H,4-9H2,1-3H3. The lowest BCUT2D eigenvalue weighted by Crippen LogP contribution is -2.45. The second-order valence-corrected chi connectivity index (χ2v) is 4.43. The minimum Gasteiger partial charge on any atom is -0.393 e. The first-order valence-corrected chi connectivity index (χ1v) is 5.89. The SMILES string of the molecule is CCN(CC)CC(O)CNCC(C)(O)CO. The lowest BCUT2D eigenvalue weighted by Gasteiger charge is -2.24. The Morgan fingerprint density at radius 2 is 1.88 bits per heavy atom. The van der Waals surface area contributed by atoms with E-state index in [4.69, 9.17) is 5.11 Å². The Hall–Kier alpha value is -0.200. The van der Waals surface area contributed by atoms with Crippen LogP contribution in [0.25, 0.3) is 0 Å². The van der Waals surface area contributed by atoms with E-state index >= 15 is 0 Å². The smallest absolute Gasteiger partial charge is 0.0972 e. The molecule has 2 unspecified atom stereocenters. The highest BCUT2D eigenvalue weighted by atomic mass is 16.3. The van der Waals surface area contributed by atoms with E-state index in [1.165, 1.54) is 0 Å². The van der Waals surface area contributed by atoms with Crippen LogP contribution in [-0.2, 0) is 0 Å². The number of likely N-dealkylation sites (N-methyl/N-ethyl adjacent to an activating group) is 1. The Kier molecular flexibility index (Phi) is 7.87. The molecule has 0 aromatic rings. The van der Waals surface area contributed by atoms with E-state index in [1.807, 2.05) is 0 Å². The van der Waals surface area contributed by atoms with E-state index in [1.54, 1.807) is 6.92 Å². The second kappa shape index (κ2) is 7.97. The Morgan fingerprint density at radius 3 is 2.31 bits per heavy atom. The highest BCUT2D eigenvalue weighted by Gasteiger charge is 2.18. The van der Waals surface area contributed by atoms with Gasteiger partial charge in [0, 0.05) is 19.6 Å². The zero-order valence-electron chi connectivity index (χ0n) is 10.6. The van der Waals surface area contributed by atoms with Gasteiger partial charge in [0.1, 0.15) is 0 Å². The molecule has 0 aliphatic rings. The van der Waals surface area contributed by atoms with Crippen LogP contribution in [0.2, 0.25) is 0 Å². The van der Waals surface area contributed by atoms with Gasteiger partial charge in [0.15, 0.2) is 0 Å². The summed E-state index contributed by atoms with van der Waals surface area (Å²) in [5.41, 5.74) is -1.12. The molecule has 0 rings (SSSR count). The van der Waals surface area contributed by atoms with Crippen LogP contribution in [0.5, 0.6) is 0 Å². The van der Waals surface area contributed by atoms with Crippen molar-refractivity contribution in [3.63, 3.8) is 0 Å². The third-order valence-corrected chi connectivity index (χ3v) is 2.59. The molecule has 0 aromatic carbocycles. The highest BCUT2D eigenvalue weighted by Crippen LogP contribution is 1.98. The van der Waals surface area contributed by atoms with Crippen LogP contribution in [-0.4, -0.2) is 71.3 Å². The zero-order chi connectivity index (χ0) is 12.6. The van der Waals surface area contributed by atoms with Gasteiger partial charge < -0.3 is 25.5 Å². The van der Waals surface area contributed by atoms with Crippen LogP contribution in [0, 0.1) is 0 Å². The number of hydrogen-bond donors (Lipinski definition) is 4. The maximum Gasteiger partial charge on any atom is 0.0972 e. The summed E-state index contributed by atoms with van der Waals surface area (Å²) in [5, 5.41) is 31.0. The van der Waals surface area contributed by atoms with Gasteiger partial charge >= 0.3 is 0 Å². The van der Waals surface area contributed by atoms with Crippen molar-refractivity contribution in [1.82, 2.24) is 10.2 Å². The molecule has 4 N–H and O–H groups in total. The molecule has 5 heteroatoms. The number of hydrogen-bond acceptors (Lipinski definition) is 5. The van der Waals surface area contributed by atoms with Crippen molar-refractivity contribution >= 4 is 0 Å². The van der Waals surface area contributed by atoms with Crippen molar-refractivity contribution in [2.75, 3.05) is 39.3 Å². The van der Waals surface area contributed by atoms with Gasteiger partial charge in [-0.25, -0.2) is 0 Å². The molecule has 5 nitrogen and oxygen atoms in total. The molecule has 0 aliphatic heterocycles. The molecule has 0 aliphatic carbocycles. The minimum atomic E-state index is -1.12. The maximum atomic E-state index is 9.70. The fourth-order valence-corrected chi connectivity index (χ4v) is 1.41. The zero-order valence-corrected chi connectivity index (χ0v) is 10.6. The van der Waals surface area contributed by atoms with Crippen molar-refractivity contribution < 1.29 is 15.3 Å². The predicted octanol–water partition coefficient (Wildman–Crippen LogP) is -0.978. The normalized spacial score (nSPS) is 17.4. The molecular formula is C11H26N2O3. The van der Waals surface area contributed by atoms with Crippen LogP contribution in [0.1, 0.15) is 20.8 Å². The van der Waals surface area contributed by atoms with E-state index in [9.17, 15) is 10.2 Å². The Labute approximate surface area is 98.1 Å². The Morgan fingerprint density at radius 1 is 1.31 bits per heavy atom. The summed E-state index contributed by atoms with van der Waals surface area (Å²) in [4.78, 5) is 2.14. The summed E-state index contributed by atoms with van der Waals surface area (Å²) < 4.78 is 0. The topological polar surface area (TPSA) is 76.0 Å². The van der Waals surface area contributed by atoms with E-state index in [2.05, 4.69) is 24.1 Å². The maximum absolute atomic E-state index is 9.70. The first kappa shape index (κ1) is 15.8. The molecule has 0 saturated carbocycles. The van der Waals surface area contributed by atoms with Crippen LogP contribution in [0.3, 0.4) is 0 Å². The largest absolute Gasteiger partial charge is 0.393 e. The predicted molar refractivity (Wildman–Crippen MR) is 64.4 cm³/mol. The molecular weight excluding hydrogens is 208 g/mol. The first-order valence-electron chi connectivity index (χ1n) is 5.89. The van der Waals surface area contributed by atoms with Gasteiger partial charge in [0.05, 0.1) is 18.3 Å². The van der Waals surface area contributed by atoms with Crippen LogP contribution in [0.4, 0.5) is 0 Å². The molecule has 0 heterocycles. The van der Waals surface area contributed by atoms with Crippen molar-refractivity contribution in [2.24, 2.45) is 0 Å². The van der Waals surface area contributed by atoms with E-state index in [0.717, 1.165) is 13.1 Å². The molecule has 0 saturated heterocycles. The highest BCUT2D eigenvalue weighted by molar-refractivity contribution is 4.75. The third kappa shape index (κ3) is 7.14. The van der Waals surface area contributed by atoms with Gasteiger partial charge in [-0.2, -0.15) is 0 Å². The second-order valence-electron chi connectivity index (χ2n) is 4.43. The van der Waals surface area contributed by atoms with Gasteiger partial charge in [-0.3, -0.25) is 0 Å². The van der Waals surface area contributed by atoms with Crippen molar-refractivity contribution in [3.05, 3.63) is 0 Å². The van der Waals surface area contributed by atoms with E-state index in [0.29, 0.717) is 13.1 Å². The number of nitrogens with one attached hydrogen (secondary N) is 1. The van der Waals surface area contributed by atoms with E-state index < -0.39 is 11.7 Å². The Bertz CT molecular complexity index is 173. The first-order chi connectivity index (χ1) is 7.45. The molecule has 0 spiro atoms. The van der Waals surface area contributed by atoms with Gasteiger partial charge in [-0.15, -0.1) is 0 Å². The summed E-state index contributed by atoms with van der Waals surface area (Å²) >= 11 is 0. The summed E-state index contributed by atoms with van der Waals surface area (Å²) in [7, 11) is 0. The molecule has 0 amide bonds. The van der Waals surface area contributed by atoms with Crippen LogP contribution in [0.15, 0.2) is 0 Å². The van der Waals surface area contributed by atoms with Crippen molar-refractivity contribution in [2.45, 2.75) is 32.5 Å². The number of nitrogens with zero attached hydrogens (tertiary/aromatic N) is 1. The summed E-state index contributed by atoms with van der Waals surface area (Å²) in [6.45, 7) is 8.54. The monoisotopic (exact) mass is 234 g/mol. The molecule has 98 valence electrons. The summed E-state index contributed by atoms with van der Waals surface area (Å²) in [6.07, 6.45) is -0.450. The average molecular weight is 234 g/mol. The summed E-state index contributed by atoms with van der Waals surface area (Å²) in [6, 6.07) is 0. The van der Waals surface area contributed by atoms with Gasteiger partial charge in [0.25, 0.3) is 0 Å². The molecule has 0 aromatic heterocycles. The van der Waals surface area contributed by atoms with Gasteiger partial charge in [-0.1, -0.05) is 13.8 Å². The lowest BCUT2D eigenvalue weighted by atomic mass is 10.1. The molecule has 0 radical (unpaired) electrons. The molecule has 2 atom stereocenters. The molecule has 0 bridgehead atoms. The van der Waals surface area contributed by atoms with E-state index in [-0.39, 0.29) is 13.2 Å².